The second kappa shape index (κ2) is 4.64. The molecule has 0 aliphatic heterocycles. The molecule has 1 N–H and O–H groups in total. The molecule has 0 spiro atoms. The van der Waals surface area contributed by atoms with Gasteiger partial charge in [0, 0.05) is 24.7 Å². The number of benzene rings is 1. The minimum absolute atomic E-state index is 0.0912. The highest BCUT2D eigenvalue weighted by Gasteiger charge is 2.26. The molecular weight excluding hydrogens is 208 g/mol. The van der Waals surface area contributed by atoms with Crippen LogP contribution in [0, 0.1) is 6.92 Å². The van der Waals surface area contributed by atoms with Crippen molar-refractivity contribution in [3.05, 3.63) is 47.2 Å². The highest BCUT2D eigenvalue weighted by atomic mass is 19.3. The largest absolute Gasteiger partial charge is 0.385 e. The van der Waals surface area contributed by atoms with Gasteiger partial charge in [-0.2, -0.15) is 0 Å². The molecule has 1 aromatic rings. The van der Waals surface area contributed by atoms with Crippen LogP contribution in [0.15, 0.2) is 30.5 Å². The van der Waals surface area contributed by atoms with E-state index < -0.39 is 5.92 Å². The van der Waals surface area contributed by atoms with Crippen LogP contribution in [-0.2, 0) is 12.5 Å². The van der Waals surface area contributed by atoms with Crippen LogP contribution in [0.25, 0.3) is 0 Å². The molecule has 0 amide bonds. The van der Waals surface area contributed by atoms with Crippen molar-refractivity contribution in [2.45, 2.75) is 33.2 Å². The Morgan fingerprint density at radius 3 is 2.56 bits per heavy atom. The lowest BCUT2D eigenvalue weighted by molar-refractivity contribution is 0.0167. The number of hydrogen-bond acceptors (Lipinski definition) is 1. The molecule has 3 heteroatoms. The lowest BCUT2D eigenvalue weighted by Crippen LogP contribution is -2.14. The number of hydrogen-bond donors (Lipinski definition) is 1. The molecule has 1 nitrogen and oxygen atoms in total. The zero-order valence-electron chi connectivity index (χ0n) is 9.90. The van der Waals surface area contributed by atoms with Crippen molar-refractivity contribution in [1.29, 1.82) is 0 Å². The second-order valence-electron chi connectivity index (χ2n) is 4.11. The zero-order chi connectivity index (χ0) is 12.3. The van der Waals surface area contributed by atoms with E-state index in [2.05, 4.69) is 11.9 Å². The molecule has 0 radical (unpaired) electrons. The lowest BCUT2D eigenvalue weighted by atomic mass is 9.98. The van der Waals surface area contributed by atoms with Crippen molar-refractivity contribution >= 4 is 0 Å². The minimum Gasteiger partial charge on any atom is -0.385 e. The number of rotatable bonds is 4. The molecule has 88 valence electrons. The van der Waals surface area contributed by atoms with E-state index in [1.54, 1.807) is 13.0 Å². The van der Waals surface area contributed by atoms with Crippen LogP contribution in [0.4, 0.5) is 8.78 Å². The molecule has 0 atom stereocenters. The van der Waals surface area contributed by atoms with E-state index in [4.69, 9.17) is 0 Å². The first-order valence-corrected chi connectivity index (χ1v) is 5.18. The Labute approximate surface area is 95.2 Å². The zero-order valence-corrected chi connectivity index (χ0v) is 9.90. The Kier molecular flexibility index (Phi) is 3.68. The predicted molar refractivity (Wildman–Crippen MR) is 62.4 cm³/mol. The van der Waals surface area contributed by atoms with Gasteiger partial charge >= 0.3 is 0 Å². The summed E-state index contributed by atoms with van der Waals surface area (Å²) in [4.78, 5) is 0. The summed E-state index contributed by atoms with van der Waals surface area (Å²) in [6, 6.07) is 4.98. The van der Waals surface area contributed by atoms with Crippen LogP contribution >= 0.6 is 0 Å². The molecule has 1 aromatic carbocycles. The van der Waals surface area contributed by atoms with Crippen molar-refractivity contribution in [3.8, 4) is 0 Å². The topological polar surface area (TPSA) is 12.0 Å². The van der Waals surface area contributed by atoms with E-state index in [0.29, 0.717) is 12.1 Å². The van der Waals surface area contributed by atoms with Gasteiger partial charge in [-0.1, -0.05) is 24.8 Å². The van der Waals surface area contributed by atoms with Crippen LogP contribution in [0.5, 0.6) is 0 Å². The highest BCUT2D eigenvalue weighted by molar-refractivity contribution is 5.36. The average Bonchev–Trinajstić information content (AvgIpc) is 2.14. The maximum Gasteiger partial charge on any atom is 0.270 e. The Morgan fingerprint density at radius 1 is 1.44 bits per heavy atom. The van der Waals surface area contributed by atoms with Gasteiger partial charge in [-0.3, -0.25) is 0 Å². The molecule has 0 heterocycles. The maximum atomic E-state index is 13.3. The summed E-state index contributed by atoms with van der Waals surface area (Å²) in [6.07, 6.45) is 0. The molecule has 0 saturated heterocycles. The number of halogens is 2. The number of allylic oxidation sites excluding steroid dienone is 1. The fourth-order valence-corrected chi connectivity index (χ4v) is 1.60. The van der Waals surface area contributed by atoms with Gasteiger partial charge in [0.15, 0.2) is 0 Å². The van der Waals surface area contributed by atoms with Gasteiger partial charge in [0.2, 0.25) is 0 Å². The normalized spacial score (nSPS) is 11.3. The van der Waals surface area contributed by atoms with E-state index >= 15 is 0 Å². The summed E-state index contributed by atoms with van der Waals surface area (Å²) in [5.74, 6) is -2.79. The molecular formula is C13H17F2N. The van der Waals surface area contributed by atoms with Crippen molar-refractivity contribution in [1.82, 2.24) is 5.32 Å². The Morgan fingerprint density at radius 2 is 2.06 bits per heavy atom. The first kappa shape index (κ1) is 12.7. The smallest absolute Gasteiger partial charge is 0.270 e. The van der Waals surface area contributed by atoms with Gasteiger partial charge in [-0.15, -0.1) is 0 Å². The minimum atomic E-state index is -2.79. The summed E-state index contributed by atoms with van der Waals surface area (Å²) < 4.78 is 26.5. The summed E-state index contributed by atoms with van der Waals surface area (Å²) in [5, 5.41) is 3.04. The van der Waals surface area contributed by atoms with Crippen LogP contribution < -0.4 is 5.32 Å². The van der Waals surface area contributed by atoms with Crippen molar-refractivity contribution in [2.24, 2.45) is 0 Å². The molecule has 0 aliphatic rings. The lowest BCUT2D eigenvalue weighted by Gasteiger charge is -2.17. The van der Waals surface area contributed by atoms with E-state index in [9.17, 15) is 8.78 Å². The number of alkyl halides is 2. The van der Waals surface area contributed by atoms with Crippen molar-refractivity contribution < 1.29 is 8.78 Å². The van der Waals surface area contributed by atoms with E-state index in [0.717, 1.165) is 18.2 Å². The Hall–Kier alpha value is -1.38. The van der Waals surface area contributed by atoms with Gasteiger partial charge in [0.1, 0.15) is 0 Å². The molecule has 0 unspecified atom stereocenters. The summed E-state index contributed by atoms with van der Waals surface area (Å²) in [6.45, 7) is 8.73. The van der Waals surface area contributed by atoms with Crippen LogP contribution in [-0.4, -0.2) is 0 Å². The van der Waals surface area contributed by atoms with Crippen LogP contribution in [0.2, 0.25) is 0 Å². The van der Waals surface area contributed by atoms with E-state index in [-0.39, 0.29) is 5.56 Å². The Balaban J connectivity index is 3.00. The Bertz CT molecular complexity index is 391. The van der Waals surface area contributed by atoms with Gasteiger partial charge in [0.25, 0.3) is 5.92 Å². The predicted octanol–water partition coefficient (Wildman–Crippen LogP) is 3.73. The molecule has 0 aliphatic carbocycles. The quantitative estimate of drug-likeness (QED) is 0.823. The molecule has 0 fully saturated rings. The van der Waals surface area contributed by atoms with E-state index in [1.165, 1.54) is 6.07 Å². The summed E-state index contributed by atoms with van der Waals surface area (Å²) >= 11 is 0. The SMILES string of the molecule is C=C(C)NCc1cccc(C(C)(F)F)c1C. The van der Waals surface area contributed by atoms with E-state index in [1.807, 2.05) is 13.0 Å². The summed E-state index contributed by atoms with van der Waals surface area (Å²) in [5.41, 5.74) is 2.44. The van der Waals surface area contributed by atoms with Gasteiger partial charge in [-0.25, -0.2) is 8.78 Å². The van der Waals surface area contributed by atoms with Gasteiger partial charge in [-0.05, 0) is 25.0 Å². The van der Waals surface area contributed by atoms with Crippen LogP contribution in [0.1, 0.15) is 30.5 Å². The fourth-order valence-electron chi connectivity index (χ4n) is 1.60. The molecule has 16 heavy (non-hydrogen) atoms. The fraction of sp³-hybridized carbons (Fsp3) is 0.385. The molecule has 0 aromatic heterocycles. The third-order valence-electron chi connectivity index (χ3n) is 2.50. The van der Waals surface area contributed by atoms with Crippen molar-refractivity contribution in [3.63, 3.8) is 0 Å². The first-order valence-electron chi connectivity index (χ1n) is 5.18. The van der Waals surface area contributed by atoms with Crippen LogP contribution in [0.3, 0.4) is 0 Å². The van der Waals surface area contributed by atoms with Gasteiger partial charge in [0.05, 0.1) is 0 Å². The third-order valence-corrected chi connectivity index (χ3v) is 2.50. The molecule has 0 saturated carbocycles. The first-order chi connectivity index (χ1) is 7.32. The summed E-state index contributed by atoms with van der Waals surface area (Å²) in [7, 11) is 0. The maximum absolute atomic E-state index is 13.3. The number of nitrogens with one attached hydrogen (secondary N) is 1. The molecule has 0 bridgehead atoms. The highest BCUT2D eigenvalue weighted by Crippen LogP contribution is 2.30. The monoisotopic (exact) mass is 225 g/mol. The van der Waals surface area contributed by atoms with Gasteiger partial charge < -0.3 is 5.32 Å². The standard InChI is InChI=1S/C13H17F2N/c1-9(2)16-8-11-6-5-7-12(10(11)3)13(4,14)15/h5-7,16H,1,8H2,2-4H3. The third kappa shape index (κ3) is 3.05. The average molecular weight is 225 g/mol. The second-order valence-corrected chi connectivity index (χ2v) is 4.11. The van der Waals surface area contributed by atoms with Crippen molar-refractivity contribution in [2.75, 3.05) is 0 Å². The molecule has 1 rings (SSSR count).